The Morgan fingerprint density at radius 2 is 0.827 bits per heavy atom. The minimum atomic E-state index is -0.545. The monoisotopic (exact) mass is 727 g/mol. The van der Waals surface area contributed by atoms with E-state index >= 15 is 0 Å². The third kappa shape index (κ3) is 42.5. The number of hydrogen-bond donors (Lipinski definition) is 1. The molecular formula is C48H86O4. The number of esters is 1. The molecule has 0 rings (SSSR count). The molecule has 0 aromatic carbocycles. The molecule has 0 aliphatic carbocycles. The van der Waals surface area contributed by atoms with Crippen molar-refractivity contribution in [2.45, 2.75) is 219 Å². The largest absolute Gasteiger partial charge is 0.457 e. The van der Waals surface area contributed by atoms with Gasteiger partial charge in [-0.3, -0.25) is 4.79 Å². The summed E-state index contributed by atoms with van der Waals surface area (Å²) in [6.45, 7) is 5.28. The van der Waals surface area contributed by atoms with Crippen LogP contribution in [0.15, 0.2) is 60.8 Å². The van der Waals surface area contributed by atoms with Crippen molar-refractivity contribution < 1.29 is 19.4 Å². The summed E-state index contributed by atoms with van der Waals surface area (Å²) in [5, 5.41) is 9.60. The van der Waals surface area contributed by atoms with E-state index in [2.05, 4.69) is 74.6 Å². The predicted octanol–water partition coefficient (Wildman–Crippen LogP) is 14.8. The average Bonchev–Trinajstić information content (AvgIpc) is 3.15. The number of carbonyl (C=O) groups is 1. The molecule has 0 bridgehead atoms. The lowest BCUT2D eigenvalue weighted by Crippen LogP contribution is -2.27. The van der Waals surface area contributed by atoms with E-state index in [4.69, 9.17) is 9.47 Å². The molecule has 0 fully saturated rings. The predicted molar refractivity (Wildman–Crippen MR) is 228 cm³/mol. The first kappa shape index (κ1) is 50.1. The van der Waals surface area contributed by atoms with E-state index in [1.807, 2.05) is 0 Å². The standard InChI is InChI=1S/C48H86O4/c1-3-5-7-9-11-13-15-17-19-20-21-22-23-24-25-26-27-28-29-30-32-34-36-38-40-42-44-51-46-47(45-49)52-48(50)43-41-39-37-35-33-31-18-16-14-12-10-8-6-4-2/h10,12,15-18,20-21,23-24,47,49H,3-9,11,13-14,19,22,25-46H2,1-2H3/b12-10-,17-15-,18-16-,21-20-,24-23-. The topological polar surface area (TPSA) is 55.8 Å². The second-order valence-electron chi connectivity index (χ2n) is 14.8. The SMILES string of the molecule is CCCC/C=C\C/C=C\CCCCCCCC(=O)OC(CO)COCCCCCCCCCCCCC/C=C\C/C=C\C/C=C\CCCCCCC. The third-order valence-corrected chi connectivity index (χ3v) is 9.57. The van der Waals surface area contributed by atoms with Crippen LogP contribution in [-0.4, -0.2) is 37.0 Å². The average molecular weight is 727 g/mol. The first-order valence-electron chi connectivity index (χ1n) is 22.4. The van der Waals surface area contributed by atoms with Gasteiger partial charge >= 0.3 is 5.97 Å². The van der Waals surface area contributed by atoms with Gasteiger partial charge in [0.15, 0.2) is 0 Å². The number of hydrogen-bond acceptors (Lipinski definition) is 4. The molecular weight excluding hydrogens is 641 g/mol. The molecule has 0 aliphatic heterocycles. The first-order valence-corrected chi connectivity index (χ1v) is 22.4. The maximum Gasteiger partial charge on any atom is 0.306 e. The summed E-state index contributed by atoms with van der Waals surface area (Å²) >= 11 is 0. The van der Waals surface area contributed by atoms with E-state index in [1.165, 1.54) is 141 Å². The van der Waals surface area contributed by atoms with Gasteiger partial charge in [-0.1, -0.05) is 190 Å². The molecule has 0 aromatic heterocycles. The summed E-state index contributed by atoms with van der Waals surface area (Å²) in [4.78, 5) is 12.2. The molecule has 1 atom stereocenters. The molecule has 4 heteroatoms. The van der Waals surface area contributed by atoms with Crippen LogP contribution in [0.25, 0.3) is 0 Å². The van der Waals surface area contributed by atoms with Crippen molar-refractivity contribution >= 4 is 5.97 Å². The van der Waals surface area contributed by atoms with Crippen LogP contribution in [0.3, 0.4) is 0 Å². The van der Waals surface area contributed by atoms with Crippen LogP contribution in [0, 0.1) is 0 Å². The highest BCUT2D eigenvalue weighted by atomic mass is 16.6. The summed E-state index contributed by atoms with van der Waals surface area (Å²) in [5.41, 5.74) is 0. The fraction of sp³-hybridized carbons (Fsp3) is 0.771. The Labute approximate surface area is 324 Å². The number of unbranched alkanes of at least 4 members (excludes halogenated alkanes) is 23. The van der Waals surface area contributed by atoms with Crippen LogP contribution in [0.5, 0.6) is 0 Å². The summed E-state index contributed by atoms with van der Waals surface area (Å²) in [5.74, 6) is -0.217. The highest BCUT2D eigenvalue weighted by Gasteiger charge is 2.13. The maximum atomic E-state index is 12.2. The summed E-state index contributed by atoms with van der Waals surface area (Å²) < 4.78 is 11.2. The molecule has 52 heavy (non-hydrogen) atoms. The maximum absolute atomic E-state index is 12.2. The number of carbonyl (C=O) groups excluding carboxylic acids is 1. The number of aliphatic hydroxyl groups is 1. The van der Waals surface area contributed by atoms with Gasteiger partial charge in [-0.2, -0.15) is 0 Å². The molecule has 0 radical (unpaired) electrons. The highest BCUT2D eigenvalue weighted by Crippen LogP contribution is 2.13. The van der Waals surface area contributed by atoms with Crippen molar-refractivity contribution in [3.05, 3.63) is 60.8 Å². The van der Waals surface area contributed by atoms with E-state index in [0.717, 1.165) is 51.4 Å². The van der Waals surface area contributed by atoms with E-state index in [1.54, 1.807) is 0 Å². The Hall–Kier alpha value is -1.91. The van der Waals surface area contributed by atoms with Crippen molar-refractivity contribution in [2.75, 3.05) is 19.8 Å². The Morgan fingerprint density at radius 3 is 1.27 bits per heavy atom. The van der Waals surface area contributed by atoms with Crippen LogP contribution < -0.4 is 0 Å². The van der Waals surface area contributed by atoms with Crippen molar-refractivity contribution in [1.29, 1.82) is 0 Å². The van der Waals surface area contributed by atoms with Crippen molar-refractivity contribution in [2.24, 2.45) is 0 Å². The molecule has 1 unspecified atom stereocenters. The third-order valence-electron chi connectivity index (χ3n) is 9.57. The minimum absolute atomic E-state index is 0.180. The van der Waals surface area contributed by atoms with Gasteiger partial charge < -0.3 is 14.6 Å². The second kappa shape index (κ2) is 45.2. The molecule has 0 amide bonds. The fourth-order valence-corrected chi connectivity index (χ4v) is 6.17. The molecule has 0 heterocycles. The Balaban J connectivity index is 3.44. The van der Waals surface area contributed by atoms with E-state index < -0.39 is 6.10 Å². The number of rotatable bonds is 41. The molecule has 0 saturated carbocycles. The van der Waals surface area contributed by atoms with Crippen LogP contribution in [0.1, 0.15) is 213 Å². The number of aliphatic hydroxyl groups excluding tert-OH is 1. The lowest BCUT2D eigenvalue weighted by molar-refractivity contribution is -0.154. The van der Waals surface area contributed by atoms with Crippen molar-refractivity contribution in [1.82, 2.24) is 0 Å². The van der Waals surface area contributed by atoms with Gasteiger partial charge in [0, 0.05) is 13.0 Å². The molecule has 0 aliphatic rings. The van der Waals surface area contributed by atoms with Gasteiger partial charge in [-0.25, -0.2) is 0 Å². The Bertz CT molecular complexity index is 854. The van der Waals surface area contributed by atoms with Gasteiger partial charge in [0.1, 0.15) is 6.10 Å². The molecule has 1 N–H and O–H groups in total. The van der Waals surface area contributed by atoms with Crippen LogP contribution in [0.4, 0.5) is 0 Å². The Kier molecular flexibility index (Phi) is 43.6. The second-order valence-corrected chi connectivity index (χ2v) is 14.8. The molecule has 302 valence electrons. The van der Waals surface area contributed by atoms with E-state index in [9.17, 15) is 9.90 Å². The molecule has 0 spiro atoms. The quantitative estimate of drug-likeness (QED) is 0.0387. The summed E-state index contributed by atoms with van der Waals surface area (Å²) in [6.07, 6.45) is 60.0. The lowest BCUT2D eigenvalue weighted by atomic mass is 10.1. The summed E-state index contributed by atoms with van der Waals surface area (Å²) in [6, 6.07) is 0. The molecule has 4 nitrogen and oxygen atoms in total. The summed E-state index contributed by atoms with van der Waals surface area (Å²) in [7, 11) is 0. The molecule has 0 aromatic rings. The van der Waals surface area contributed by atoms with Gasteiger partial charge in [-0.15, -0.1) is 0 Å². The smallest absolute Gasteiger partial charge is 0.306 e. The first-order chi connectivity index (χ1) is 25.7. The van der Waals surface area contributed by atoms with Gasteiger partial charge in [0.25, 0.3) is 0 Å². The van der Waals surface area contributed by atoms with Gasteiger partial charge in [0.2, 0.25) is 0 Å². The zero-order chi connectivity index (χ0) is 37.7. The van der Waals surface area contributed by atoms with E-state index in [0.29, 0.717) is 13.0 Å². The Morgan fingerprint density at radius 1 is 0.462 bits per heavy atom. The van der Waals surface area contributed by atoms with Gasteiger partial charge in [-0.05, 0) is 77.0 Å². The minimum Gasteiger partial charge on any atom is -0.457 e. The van der Waals surface area contributed by atoms with Crippen LogP contribution in [0.2, 0.25) is 0 Å². The van der Waals surface area contributed by atoms with Crippen molar-refractivity contribution in [3.63, 3.8) is 0 Å². The number of ether oxygens (including phenoxy) is 2. The zero-order valence-electron chi connectivity index (χ0n) is 34.6. The van der Waals surface area contributed by atoms with Crippen molar-refractivity contribution in [3.8, 4) is 0 Å². The fourth-order valence-electron chi connectivity index (χ4n) is 6.17. The molecule has 0 saturated heterocycles. The zero-order valence-corrected chi connectivity index (χ0v) is 34.6. The lowest BCUT2D eigenvalue weighted by Gasteiger charge is -2.15. The van der Waals surface area contributed by atoms with Crippen LogP contribution >= 0.6 is 0 Å². The van der Waals surface area contributed by atoms with Gasteiger partial charge in [0.05, 0.1) is 13.2 Å². The van der Waals surface area contributed by atoms with Crippen LogP contribution in [-0.2, 0) is 14.3 Å². The van der Waals surface area contributed by atoms with E-state index in [-0.39, 0.29) is 19.2 Å². The normalized spacial score (nSPS) is 12.9. The highest BCUT2D eigenvalue weighted by molar-refractivity contribution is 5.69. The number of allylic oxidation sites excluding steroid dienone is 10.